The van der Waals surface area contributed by atoms with E-state index >= 15 is 0 Å². The predicted molar refractivity (Wildman–Crippen MR) is 155 cm³/mol. The lowest BCUT2D eigenvalue weighted by molar-refractivity contribution is -0.132. The minimum Gasteiger partial charge on any atom is -0.394 e. The van der Waals surface area contributed by atoms with E-state index in [-0.39, 0.29) is 0 Å². The number of carbonyl (C=O) groups is 1. The lowest BCUT2D eigenvalue weighted by Crippen LogP contribution is -2.53. The topological polar surface area (TPSA) is 110 Å². The van der Waals surface area contributed by atoms with E-state index in [1.54, 1.807) is 0 Å². The zero-order chi connectivity index (χ0) is 27.6. The molecule has 0 radical (unpaired) electrons. The third-order valence-electron chi connectivity index (χ3n) is 7.57. The molecule has 4 atom stereocenters. The van der Waals surface area contributed by atoms with E-state index < -0.39 is 36.9 Å². The Bertz CT molecular complexity index is 490. The normalized spacial score (nSPS) is 14.9. The summed E-state index contributed by atoms with van der Waals surface area (Å²) in [4.78, 5) is 12.2. The maximum Gasteiger partial charge on any atom is 0.249 e. The van der Waals surface area contributed by atoms with E-state index in [1.165, 1.54) is 103 Å². The third kappa shape index (κ3) is 21.9. The minimum absolute atomic E-state index is 0.372. The predicted octanol–water partition coefficient (Wildman–Crippen LogP) is 6.56. The summed E-state index contributed by atoms with van der Waals surface area (Å²) in [5.74, 6) is -0.594. The quantitative estimate of drug-likeness (QED) is 0.0737. The number of rotatable bonds is 28. The van der Waals surface area contributed by atoms with Crippen molar-refractivity contribution in [2.45, 2.75) is 186 Å². The van der Waals surface area contributed by atoms with Gasteiger partial charge in [-0.25, -0.2) is 0 Å². The molecule has 5 N–H and O–H groups in total. The summed E-state index contributed by atoms with van der Waals surface area (Å²) in [6.07, 6.45) is 23.8. The van der Waals surface area contributed by atoms with Crippen LogP contribution in [0.3, 0.4) is 0 Å². The summed E-state index contributed by atoms with van der Waals surface area (Å²) in [5.41, 5.74) is 0. The van der Waals surface area contributed by atoms with Gasteiger partial charge in [0.05, 0.1) is 18.8 Å². The van der Waals surface area contributed by atoms with Crippen molar-refractivity contribution in [3.05, 3.63) is 0 Å². The number of amides is 1. The number of nitrogens with one attached hydrogen (secondary N) is 1. The van der Waals surface area contributed by atoms with E-state index in [4.69, 9.17) is 0 Å². The van der Waals surface area contributed by atoms with E-state index in [0.29, 0.717) is 12.8 Å². The third-order valence-corrected chi connectivity index (χ3v) is 7.57. The number of aliphatic hydroxyl groups is 4. The van der Waals surface area contributed by atoms with Gasteiger partial charge in [-0.15, -0.1) is 0 Å². The van der Waals surface area contributed by atoms with Gasteiger partial charge in [0, 0.05) is 0 Å². The molecule has 0 aromatic rings. The number of carbonyl (C=O) groups excluding carboxylic acids is 1. The molecule has 6 heteroatoms. The Morgan fingerprint density at radius 3 is 1.32 bits per heavy atom. The highest BCUT2D eigenvalue weighted by molar-refractivity contribution is 5.80. The molecule has 222 valence electrons. The summed E-state index contributed by atoms with van der Waals surface area (Å²) in [6.45, 7) is 3.78. The number of unbranched alkanes of at least 4 members (excludes halogenated alkanes) is 19. The van der Waals surface area contributed by atoms with Crippen molar-refractivity contribution in [1.29, 1.82) is 0 Å². The molecule has 0 rings (SSSR count). The van der Waals surface area contributed by atoms with Crippen LogP contribution in [0.5, 0.6) is 0 Å². The highest BCUT2D eigenvalue weighted by Gasteiger charge is 2.28. The minimum atomic E-state index is -1.25. The standard InChI is InChI=1S/C31H63NO5/c1-3-5-7-8-9-10-11-12-13-14-15-16-17-18-19-20-21-22-23-25-29(35)31(37)32-27(26-33)30(36)28(34)24-6-4-2/h27-30,33-36H,3-26H2,1-2H3,(H,32,37). The fraction of sp³-hybridized carbons (Fsp3) is 0.968. The maximum atomic E-state index is 12.2. The molecule has 0 bridgehead atoms. The van der Waals surface area contributed by atoms with Crippen molar-refractivity contribution in [3.63, 3.8) is 0 Å². The summed E-state index contributed by atoms with van der Waals surface area (Å²) < 4.78 is 0. The molecule has 0 aliphatic rings. The SMILES string of the molecule is CCCCCCCCCCCCCCCCCCCCCC(O)C(=O)NC(CO)C(O)C(O)CCCC. The van der Waals surface area contributed by atoms with Gasteiger partial charge in [-0.2, -0.15) is 0 Å². The molecule has 0 heterocycles. The molecule has 0 saturated carbocycles. The van der Waals surface area contributed by atoms with Crippen LogP contribution in [-0.4, -0.2) is 57.3 Å². The molecule has 0 fully saturated rings. The summed E-state index contributed by atoms with van der Waals surface area (Å²) >= 11 is 0. The largest absolute Gasteiger partial charge is 0.394 e. The molecule has 0 spiro atoms. The van der Waals surface area contributed by atoms with Crippen LogP contribution in [0.1, 0.15) is 162 Å². The first-order valence-electron chi connectivity index (χ1n) is 15.9. The average molecular weight is 530 g/mol. The molecular formula is C31H63NO5. The van der Waals surface area contributed by atoms with Crippen molar-refractivity contribution in [2.24, 2.45) is 0 Å². The molecular weight excluding hydrogens is 466 g/mol. The Morgan fingerprint density at radius 2 is 0.946 bits per heavy atom. The van der Waals surface area contributed by atoms with Crippen LogP contribution in [0.2, 0.25) is 0 Å². The summed E-state index contributed by atoms with van der Waals surface area (Å²) in [5, 5.41) is 42.3. The molecule has 0 aliphatic carbocycles. The van der Waals surface area contributed by atoms with Gasteiger partial charge >= 0.3 is 0 Å². The summed E-state index contributed by atoms with van der Waals surface area (Å²) in [7, 11) is 0. The molecule has 37 heavy (non-hydrogen) atoms. The molecule has 0 aromatic heterocycles. The molecule has 4 unspecified atom stereocenters. The zero-order valence-corrected chi connectivity index (χ0v) is 24.5. The van der Waals surface area contributed by atoms with Crippen LogP contribution in [0.4, 0.5) is 0 Å². The highest BCUT2D eigenvalue weighted by atomic mass is 16.3. The van der Waals surface area contributed by atoms with E-state index in [0.717, 1.165) is 32.1 Å². The van der Waals surface area contributed by atoms with Crippen LogP contribution in [-0.2, 0) is 4.79 Å². The van der Waals surface area contributed by atoms with E-state index in [1.807, 2.05) is 6.92 Å². The van der Waals surface area contributed by atoms with E-state index in [9.17, 15) is 25.2 Å². The van der Waals surface area contributed by atoms with Gasteiger partial charge in [0.2, 0.25) is 5.91 Å². The van der Waals surface area contributed by atoms with Gasteiger partial charge in [-0.05, 0) is 12.8 Å². The monoisotopic (exact) mass is 529 g/mol. The van der Waals surface area contributed by atoms with Crippen LogP contribution >= 0.6 is 0 Å². The van der Waals surface area contributed by atoms with Crippen molar-refractivity contribution in [1.82, 2.24) is 5.32 Å². The number of aliphatic hydroxyl groups excluding tert-OH is 4. The van der Waals surface area contributed by atoms with Gasteiger partial charge in [-0.1, -0.05) is 149 Å². The Morgan fingerprint density at radius 1 is 0.568 bits per heavy atom. The summed E-state index contributed by atoms with van der Waals surface area (Å²) in [6, 6.07) is -0.973. The van der Waals surface area contributed by atoms with Crippen molar-refractivity contribution in [3.8, 4) is 0 Å². The van der Waals surface area contributed by atoms with E-state index in [2.05, 4.69) is 12.2 Å². The molecule has 1 amide bonds. The van der Waals surface area contributed by atoms with Crippen molar-refractivity contribution >= 4 is 5.91 Å². The Labute approximate surface area is 229 Å². The fourth-order valence-corrected chi connectivity index (χ4v) is 4.92. The van der Waals surface area contributed by atoms with Crippen molar-refractivity contribution in [2.75, 3.05) is 6.61 Å². The number of hydrogen-bond donors (Lipinski definition) is 5. The van der Waals surface area contributed by atoms with Gasteiger partial charge < -0.3 is 25.7 Å². The second-order valence-electron chi connectivity index (χ2n) is 11.2. The average Bonchev–Trinajstić information content (AvgIpc) is 2.90. The Hall–Kier alpha value is -0.690. The maximum absolute atomic E-state index is 12.2. The molecule has 6 nitrogen and oxygen atoms in total. The van der Waals surface area contributed by atoms with Gasteiger partial charge in [-0.3, -0.25) is 4.79 Å². The van der Waals surface area contributed by atoms with Gasteiger partial charge in [0.1, 0.15) is 12.2 Å². The van der Waals surface area contributed by atoms with Gasteiger partial charge in [0.15, 0.2) is 0 Å². The first kappa shape index (κ1) is 36.3. The zero-order valence-electron chi connectivity index (χ0n) is 24.5. The second-order valence-corrected chi connectivity index (χ2v) is 11.2. The fourth-order valence-electron chi connectivity index (χ4n) is 4.92. The highest BCUT2D eigenvalue weighted by Crippen LogP contribution is 2.15. The van der Waals surface area contributed by atoms with Crippen LogP contribution in [0, 0.1) is 0 Å². The smallest absolute Gasteiger partial charge is 0.249 e. The van der Waals surface area contributed by atoms with Gasteiger partial charge in [0.25, 0.3) is 0 Å². The first-order chi connectivity index (χ1) is 18.0. The Balaban J connectivity index is 3.57. The molecule has 0 aliphatic heterocycles. The van der Waals surface area contributed by atoms with Crippen LogP contribution < -0.4 is 5.32 Å². The van der Waals surface area contributed by atoms with Crippen LogP contribution in [0.15, 0.2) is 0 Å². The second kappa shape index (κ2) is 26.9. The lowest BCUT2D eigenvalue weighted by atomic mass is 10.0. The Kier molecular flexibility index (Phi) is 26.4. The molecule has 0 aromatic carbocycles. The number of hydrogen-bond acceptors (Lipinski definition) is 5. The van der Waals surface area contributed by atoms with Crippen molar-refractivity contribution < 1.29 is 25.2 Å². The van der Waals surface area contributed by atoms with Crippen LogP contribution in [0.25, 0.3) is 0 Å². The molecule has 0 saturated heterocycles. The lowest BCUT2D eigenvalue weighted by Gasteiger charge is -2.27. The first-order valence-corrected chi connectivity index (χ1v) is 15.9.